The van der Waals surface area contributed by atoms with Gasteiger partial charge in [-0.1, -0.05) is 18.2 Å². The molecular formula is C23H24N4O2. The third-order valence-electron chi connectivity index (χ3n) is 5.24. The number of ether oxygens (including phenoxy) is 1. The number of methoxy groups -OCH3 is 1. The number of amides is 1. The zero-order valence-corrected chi connectivity index (χ0v) is 16.8. The highest BCUT2D eigenvalue weighted by Crippen LogP contribution is 2.29. The van der Waals surface area contributed by atoms with Gasteiger partial charge in [0.2, 0.25) is 0 Å². The minimum Gasteiger partial charge on any atom is -0.493 e. The van der Waals surface area contributed by atoms with Crippen LogP contribution in [0.1, 0.15) is 45.5 Å². The fraction of sp³-hybridized carbons (Fsp3) is 0.261. The van der Waals surface area contributed by atoms with Gasteiger partial charge in [0.05, 0.1) is 30.2 Å². The Morgan fingerprint density at radius 3 is 2.45 bits per heavy atom. The topological polar surface area (TPSA) is 103 Å². The predicted octanol–water partition coefficient (Wildman–Crippen LogP) is 3.42. The number of aryl methyl sites for hydroxylation is 1. The molecule has 148 valence electrons. The van der Waals surface area contributed by atoms with E-state index in [4.69, 9.17) is 21.1 Å². The number of likely N-dealkylation sites (tertiary alicyclic amines) is 1. The highest BCUT2D eigenvalue weighted by Gasteiger charge is 2.32. The van der Waals surface area contributed by atoms with Crippen molar-refractivity contribution in [1.82, 2.24) is 4.90 Å². The third kappa shape index (κ3) is 3.99. The summed E-state index contributed by atoms with van der Waals surface area (Å²) in [6, 6.07) is 15.1. The smallest absolute Gasteiger partial charge is 0.253 e. The quantitative estimate of drug-likeness (QED) is 0.605. The second-order valence-corrected chi connectivity index (χ2v) is 7.24. The largest absolute Gasteiger partial charge is 0.493 e. The second-order valence-electron chi connectivity index (χ2n) is 7.24. The van der Waals surface area contributed by atoms with Crippen LogP contribution in [0.4, 0.5) is 0 Å². The highest BCUT2D eigenvalue weighted by atomic mass is 16.5. The Morgan fingerprint density at radius 1 is 1.24 bits per heavy atom. The van der Waals surface area contributed by atoms with E-state index in [-0.39, 0.29) is 17.5 Å². The molecule has 0 unspecified atom stereocenters. The third-order valence-corrected chi connectivity index (χ3v) is 5.24. The van der Waals surface area contributed by atoms with Crippen molar-refractivity contribution in [2.45, 2.75) is 19.8 Å². The summed E-state index contributed by atoms with van der Waals surface area (Å²) < 4.78 is 5.26. The van der Waals surface area contributed by atoms with Gasteiger partial charge in [-0.2, -0.15) is 5.26 Å². The van der Waals surface area contributed by atoms with Gasteiger partial charge in [0.25, 0.3) is 5.91 Å². The minimum atomic E-state index is -0.0468. The van der Waals surface area contributed by atoms with Crippen LogP contribution in [0.5, 0.6) is 0 Å². The van der Waals surface area contributed by atoms with Gasteiger partial charge in [0.15, 0.2) is 5.76 Å². The first kappa shape index (κ1) is 20.2. The number of hydrogen-bond acceptors (Lipinski definition) is 5. The molecule has 0 radical (unpaired) electrons. The van der Waals surface area contributed by atoms with Crippen molar-refractivity contribution >= 4 is 17.3 Å². The first-order valence-electron chi connectivity index (χ1n) is 9.35. The zero-order valence-electron chi connectivity index (χ0n) is 16.8. The lowest BCUT2D eigenvalue weighted by atomic mass is 9.90. The molecule has 1 aliphatic rings. The Bertz CT molecular complexity index is 1030. The molecule has 1 heterocycles. The first-order valence-corrected chi connectivity index (χ1v) is 9.35. The number of rotatable bonds is 5. The number of nitrogens with two attached hydrogens (primary N) is 1. The van der Waals surface area contributed by atoms with Crippen LogP contribution < -0.4 is 5.73 Å². The van der Waals surface area contributed by atoms with E-state index < -0.39 is 0 Å². The van der Waals surface area contributed by atoms with Gasteiger partial charge in [-0.25, -0.2) is 0 Å². The van der Waals surface area contributed by atoms with Gasteiger partial charge in [0, 0.05) is 30.1 Å². The Labute approximate surface area is 170 Å². The number of hydrogen-bond donors (Lipinski definition) is 2. The average molecular weight is 388 g/mol. The van der Waals surface area contributed by atoms with Gasteiger partial charge in [-0.3, -0.25) is 4.79 Å². The average Bonchev–Trinajstić information content (AvgIpc) is 2.67. The van der Waals surface area contributed by atoms with E-state index in [0.29, 0.717) is 41.2 Å². The van der Waals surface area contributed by atoms with E-state index in [2.05, 4.69) is 6.07 Å². The molecule has 29 heavy (non-hydrogen) atoms. The zero-order chi connectivity index (χ0) is 21.1. The predicted molar refractivity (Wildman–Crippen MR) is 112 cm³/mol. The molecule has 1 saturated heterocycles. The summed E-state index contributed by atoms with van der Waals surface area (Å²) in [5, 5.41) is 16.7. The van der Waals surface area contributed by atoms with E-state index in [9.17, 15) is 4.79 Å². The van der Waals surface area contributed by atoms with Crippen LogP contribution in [-0.2, 0) is 4.74 Å². The van der Waals surface area contributed by atoms with Crippen molar-refractivity contribution in [3.63, 3.8) is 0 Å². The molecule has 0 aromatic heterocycles. The number of allylic oxidation sites excluding steroid dienone is 1. The summed E-state index contributed by atoms with van der Waals surface area (Å²) in [5.74, 6) is 0.541. The number of carbonyl (C=O) groups is 1. The van der Waals surface area contributed by atoms with Crippen molar-refractivity contribution in [3.05, 3.63) is 76.0 Å². The van der Waals surface area contributed by atoms with E-state index in [0.717, 1.165) is 11.1 Å². The van der Waals surface area contributed by atoms with Crippen LogP contribution in [-0.4, -0.2) is 36.7 Å². The number of nitrogens with zero attached hydrogens (tertiary/aromatic N) is 2. The fourth-order valence-corrected chi connectivity index (χ4v) is 3.50. The summed E-state index contributed by atoms with van der Waals surface area (Å²) in [7, 11) is 1.48. The standard InChI is InChI=1S/C23H24N4O2/c1-14-4-7-18(10-20(14)21(26)22(29-3)15(2)25)23(28)27-12-19(13-27)17-8-5-16(11-24)6-9-17/h4-10,19,25H,12-13,26H2,1-3H3/b22-21+,25-15?. The summed E-state index contributed by atoms with van der Waals surface area (Å²) in [6.45, 7) is 4.80. The van der Waals surface area contributed by atoms with Gasteiger partial charge in [-0.15, -0.1) is 0 Å². The molecule has 3 rings (SSSR count). The Morgan fingerprint density at radius 2 is 1.90 bits per heavy atom. The molecule has 3 N–H and O–H groups in total. The fourth-order valence-electron chi connectivity index (χ4n) is 3.50. The summed E-state index contributed by atoms with van der Waals surface area (Å²) in [6.07, 6.45) is 0. The molecule has 0 bridgehead atoms. The van der Waals surface area contributed by atoms with Gasteiger partial charge in [0.1, 0.15) is 0 Å². The van der Waals surface area contributed by atoms with Gasteiger partial charge < -0.3 is 20.8 Å². The van der Waals surface area contributed by atoms with Crippen LogP contribution in [0.25, 0.3) is 5.70 Å². The van der Waals surface area contributed by atoms with Crippen LogP contribution in [0.3, 0.4) is 0 Å². The molecule has 1 amide bonds. The molecular weight excluding hydrogens is 364 g/mol. The van der Waals surface area contributed by atoms with E-state index in [1.807, 2.05) is 25.1 Å². The second kappa shape index (κ2) is 8.19. The Balaban J connectivity index is 1.77. The normalized spacial score (nSPS) is 14.5. The summed E-state index contributed by atoms with van der Waals surface area (Å²) in [4.78, 5) is 14.7. The maximum Gasteiger partial charge on any atom is 0.253 e. The van der Waals surface area contributed by atoms with Crippen LogP contribution >= 0.6 is 0 Å². The van der Waals surface area contributed by atoms with Gasteiger partial charge in [-0.05, 0) is 49.2 Å². The maximum atomic E-state index is 12.9. The van der Waals surface area contributed by atoms with Crippen molar-refractivity contribution in [2.75, 3.05) is 20.2 Å². The van der Waals surface area contributed by atoms with Crippen molar-refractivity contribution in [3.8, 4) is 6.07 Å². The highest BCUT2D eigenvalue weighted by molar-refractivity contribution is 6.01. The summed E-state index contributed by atoms with van der Waals surface area (Å²) >= 11 is 0. The maximum absolute atomic E-state index is 12.9. The molecule has 1 aliphatic heterocycles. The van der Waals surface area contributed by atoms with E-state index in [1.165, 1.54) is 7.11 Å². The first-order chi connectivity index (χ1) is 13.8. The Kier molecular flexibility index (Phi) is 5.69. The Hall–Kier alpha value is -3.59. The lowest BCUT2D eigenvalue weighted by Gasteiger charge is -2.39. The molecule has 0 saturated carbocycles. The lowest BCUT2D eigenvalue weighted by Crippen LogP contribution is -2.48. The van der Waals surface area contributed by atoms with Gasteiger partial charge >= 0.3 is 0 Å². The van der Waals surface area contributed by atoms with Crippen LogP contribution in [0, 0.1) is 23.7 Å². The molecule has 0 atom stereocenters. The number of benzene rings is 2. The van der Waals surface area contributed by atoms with E-state index in [1.54, 1.807) is 36.1 Å². The van der Waals surface area contributed by atoms with Crippen molar-refractivity contribution < 1.29 is 9.53 Å². The summed E-state index contributed by atoms with van der Waals surface area (Å²) in [5.41, 5.74) is 10.8. The molecule has 0 spiro atoms. The monoisotopic (exact) mass is 388 g/mol. The molecule has 1 fully saturated rings. The lowest BCUT2D eigenvalue weighted by molar-refractivity contribution is 0.0602. The molecule has 0 aliphatic carbocycles. The SMILES string of the molecule is CO/C(C(C)=N)=C(/N)c1cc(C(=O)N2CC(c3ccc(C#N)cc3)C2)ccc1C. The molecule has 2 aromatic carbocycles. The minimum absolute atomic E-state index is 0.0468. The van der Waals surface area contributed by atoms with Crippen molar-refractivity contribution in [2.24, 2.45) is 5.73 Å². The number of nitriles is 1. The van der Waals surface area contributed by atoms with Crippen molar-refractivity contribution in [1.29, 1.82) is 10.7 Å². The van der Waals surface area contributed by atoms with E-state index >= 15 is 0 Å². The molecule has 6 heteroatoms. The molecule has 6 nitrogen and oxygen atoms in total. The van der Waals surface area contributed by atoms with Crippen LogP contribution in [0.2, 0.25) is 0 Å². The van der Waals surface area contributed by atoms with Crippen LogP contribution in [0.15, 0.2) is 48.2 Å². The number of nitrogens with one attached hydrogen (secondary N) is 1. The molecule has 2 aromatic rings. The number of carbonyl (C=O) groups excluding carboxylic acids is 1.